The van der Waals surface area contributed by atoms with Gasteiger partial charge in [0.2, 0.25) is 0 Å². The van der Waals surface area contributed by atoms with Crippen LogP contribution < -0.4 is 11.2 Å². The summed E-state index contributed by atoms with van der Waals surface area (Å²) in [6.45, 7) is 0.666. The van der Waals surface area contributed by atoms with Crippen LogP contribution in [0.1, 0.15) is 23.3 Å². The van der Waals surface area contributed by atoms with Crippen molar-refractivity contribution in [3.8, 4) is 0 Å². The Kier molecular flexibility index (Phi) is 4.38. The van der Waals surface area contributed by atoms with Crippen LogP contribution in [0.2, 0.25) is 0 Å². The largest absolute Gasteiger partial charge is 0.418 e. The highest BCUT2D eigenvalue weighted by Crippen LogP contribution is 2.44. The molecule has 0 spiro atoms. The maximum absolute atomic E-state index is 12.6. The molecule has 25 heavy (non-hydrogen) atoms. The third-order valence-corrected chi connectivity index (χ3v) is 4.41. The minimum atomic E-state index is -4.90. The maximum atomic E-state index is 12.6. The number of rotatable bonds is 5. The molecule has 2 aliphatic rings. The molecule has 0 aromatic carbocycles. The molecule has 1 aromatic heterocycles. The van der Waals surface area contributed by atoms with Crippen molar-refractivity contribution in [2.75, 3.05) is 20.1 Å². The minimum absolute atomic E-state index is 0.0560. The van der Waals surface area contributed by atoms with Gasteiger partial charge in [0.05, 0.1) is 25.0 Å². The summed E-state index contributed by atoms with van der Waals surface area (Å²) in [4.78, 5) is 17.8. The van der Waals surface area contributed by atoms with Crippen molar-refractivity contribution in [3.63, 3.8) is 0 Å². The number of aliphatic imine (C=N–C) groups is 1. The fourth-order valence-corrected chi connectivity index (χ4v) is 3.52. The standard InChI is InChI=1S/C11H17N7O6S/c1-13-10(15-20)9-8-6(4-14-17(8)3-2-12)7-5-16(9)11(19)18(7)24-25(21,22)23/h4,7,9,20H,2-3,5,12H2,1H3,(H,13,15)(H,21,22,23). The Morgan fingerprint density at radius 3 is 2.88 bits per heavy atom. The zero-order valence-corrected chi connectivity index (χ0v) is 13.9. The molecular formula is C11H17N7O6S. The van der Waals surface area contributed by atoms with E-state index >= 15 is 0 Å². The lowest BCUT2D eigenvalue weighted by atomic mass is 9.97. The average Bonchev–Trinajstić information content (AvgIpc) is 3.07. The Morgan fingerprint density at radius 1 is 1.60 bits per heavy atom. The number of nitrogens with two attached hydrogens (primary N) is 1. The van der Waals surface area contributed by atoms with Crippen LogP contribution in [0.3, 0.4) is 0 Å². The van der Waals surface area contributed by atoms with Crippen molar-refractivity contribution in [2.45, 2.75) is 18.6 Å². The molecule has 14 heteroatoms. The molecule has 13 nitrogen and oxygen atoms in total. The molecular weight excluding hydrogens is 358 g/mol. The summed E-state index contributed by atoms with van der Waals surface area (Å²) < 4.78 is 37.1. The summed E-state index contributed by atoms with van der Waals surface area (Å²) in [6, 6.07) is -2.46. The van der Waals surface area contributed by atoms with Gasteiger partial charge < -0.3 is 10.6 Å². The van der Waals surface area contributed by atoms with E-state index in [1.54, 1.807) is 4.68 Å². The van der Waals surface area contributed by atoms with Gasteiger partial charge >= 0.3 is 16.4 Å². The molecule has 2 amide bonds. The molecule has 5 N–H and O–H groups in total. The zero-order valence-electron chi connectivity index (χ0n) is 13.1. The highest BCUT2D eigenvalue weighted by Gasteiger charge is 2.53. The number of nitrogens with one attached hydrogen (secondary N) is 1. The first kappa shape index (κ1) is 17.6. The van der Waals surface area contributed by atoms with Crippen LogP contribution in [0, 0.1) is 0 Å². The van der Waals surface area contributed by atoms with Crippen molar-refractivity contribution < 1.29 is 27.3 Å². The summed E-state index contributed by atoms with van der Waals surface area (Å²) in [6.07, 6.45) is 1.46. The fourth-order valence-electron chi connectivity index (χ4n) is 3.15. The number of amidine groups is 1. The van der Waals surface area contributed by atoms with E-state index in [2.05, 4.69) is 14.4 Å². The lowest BCUT2D eigenvalue weighted by Gasteiger charge is -2.31. The van der Waals surface area contributed by atoms with Gasteiger partial charge in [-0.2, -0.15) is 18.6 Å². The molecule has 0 aliphatic carbocycles. The summed E-state index contributed by atoms with van der Waals surface area (Å²) in [7, 11) is -3.48. The third kappa shape index (κ3) is 2.83. The van der Waals surface area contributed by atoms with Crippen LogP contribution in [-0.4, -0.2) is 69.9 Å². The molecule has 2 aliphatic heterocycles. The number of aromatic nitrogens is 2. The predicted octanol–water partition coefficient (Wildman–Crippen LogP) is -1.58. The van der Waals surface area contributed by atoms with Gasteiger partial charge in [-0.3, -0.25) is 24.9 Å². The Morgan fingerprint density at radius 2 is 2.32 bits per heavy atom. The number of amides is 2. The van der Waals surface area contributed by atoms with Gasteiger partial charge in [0.1, 0.15) is 17.9 Å². The van der Waals surface area contributed by atoms with Crippen molar-refractivity contribution >= 4 is 22.3 Å². The van der Waals surface area contributed by atoms with Crippen molar-refractivity contribution in [1.82, 2.24) is 25.2 Å². The summed E-state index contributed by atoms with van der Waals surface area (Å²) in [5, 5.41) is 14.1. The Bertz CT molecular complexity index is 821. The van der Waals surface area contributed by atoms with Crippen LogP contribution in [0.15, 0.2) is 11.2 Å². The number of fused-ring (bicyclic) bond motifs is 4. The van der Waals surface area contributed by atoms with E-state index in [0.29, 0.717) is 22.9 Å². The first-order valence-electron chi connectivity index (χ1n) is 7.21. The Hall–Kier alpha value is -2.26. The van der Waals surface area contributed by atoms with Gasteiger partial charge in [-0.05, 0) is 0 Å². The average molecular weight is 375 g/mol. The number of nitrogens with zero attached hydrogens (tertiary/aromatic N) is 5. The Balaban J connectivity index is 2.13. The molecule has 3 heterocycles. The second-order valence-electron chi connectivity index (χ2n) is 5.40. The van der Waals surface area contributed by atoms with Gasteiger partial charge in [-0.25, -0.2) is 4.79 Å². The minimum Gasteiger partial charge on any atom is -0.329 e. The number of carbonyl (C=O) groups excluding carboxylic acids is 1. The van der Waals surface area contributed by atoms with Crippen LogP contribution in [0.5, 0.6) is 0 Å². The van der Waals surface area contributed by atoms with E-state index in [0.717, 1.165) is 0 Å². The van der Waals surface area contributed by atoms with E-state index in [1.807, 2.05) is 5.48 Å². The normalized spacial score (nSPS) is 23.2. The summed E-state index contributed by atoms with van der Waals surface area (Å²) in [5.74, 6) is 0.0560. The number of hydrogen-bond acceptors (Lipinski definition) is 8. The highest BCUT2D eigenvalue weighted by molar-refractivity contribution is 7.80. The maximum Gasteiger partial charge on any atom is 0.418 e. The molecule has 1 aromatic rings. The molecule has 3 rings (SSSR count). The topological polar surface area (TPSA) is 176 Å². The van der Waals surface area contributed by atoms with Gasteiger partial charge in [0.15, 0.2) is 0 Å². The summed E-state index contributed by atoms with van der Waals surface area (Å²) >= 11 is 0. The molecule has 1 fully saturated rings. The summed E-state index contributed by atoms with van der Waals surface area (Å²) in [5.41, 5.74) is 8.54. The molecule has 2 unspecified atom stereocenters. The van der Waals surface area contributed by atoms with E-state index in [1.165, 1.54) is 18.1 Å². The van der Waals surface area contributed by atoms with Crippen LogP contribution in [-0.2, 0) is 21.2 Å². The van der Waals surface area contributed by atoms with Crippen molar-refractivity contribution in [3.05, 3.63) is 17.5 Å². The van der Waals surface area contributed by atoms with Gasteiger partial charge in [0, 0.05) is 19.2 Å². The van der Waals surface area contributed by atoms with E-state index in [4.69, 9.17) is 10.3 Å². The third-order valence-electron chi connectivity index (χ3n) is 4.06. The highest BCUT2D eigenvalue weighted by atomic mass is 32.3. The molecule has 0 saturated carbocycles. The molecule has 0 radical (unpaired) electrons. The first-order valence-corrected chi connectivity index (χ1v) is 8.58. The lowest BCUT2D eigenvalue weighted by Crippen LogP contribution is -2.44. The first-order chi connectivity index (χ1) is 11.8. The van der Waals surface area contributed by atoms with Gasteiger partial charge in [-0.15, -0.1) is 4.28 Å². The van der Waals surface area contributed by atoms with Gasteiger partial charge in [-0.1, -0.05) is 0 Å². The van der Waals surface area contributed by atoms with Crippen LogP contribution >= 0.6 is 0 Å². The molecule has 2 atom stereocenters. The second kappa shape index (κ2) is 6.23. The monoisotopic (exact) mass is 375 g/mol. The van der Waals surface area contributed by atoms with Gasteiger partial charge in [0.25, 0.3) is 0 Å². The number of urea groups is 1. The smallest absolute Gasteiger partial charge is 0.329 e. The molecule has 2 bridgehead atoms. The zero-order chi connectivity index (χ0) is 18.4. The predicted molar refractivity (Wildman–Crippen MR) is 81.6 cm³/mol. The number of hydroxylamine groups is 3. The lowest BCUT2D eigenvalue weighted by molar-refractivity contribution is -0.0316. The SMILES string of the molecule is CN=C(NO)C1c2c(cnn2CCN)C2CN1C(=O)N2OS(=O)(=O)O. The van der Waals surface area contributed by atoms with E-state index in [9.17, 15) is 18.4 Å². The van der Waals surface area contributed by atoms with Crippen LogP contribution in [0.4, 0.5) is 4.79 Å². The number of carbonyl (C=O) groups is 1. The molecule has 1 saturated heterocycles. The van der Waals surface area contributed by atoms with Crippen molar-refractivity contribution in [1.29, 1.82) is 0 Å². The Labute approximate surface area is 142 Å². The second-order valence-corrected chi connectivity index (χ2v) is 6.40. The fraction of sp³-hybridized carbons (Fsp3) is 0.545. The quantitative estimate of drug-likeness (QED) is 0.205. The van der Waals surface area contributed by atoms with Crippen molar-refractivity contribution in [2.24, 2.45) is 10.7 Å². The van der Waals surface area contributed by atoms with E-state index < -0.39 is 28.5 Å². The van der Waals surface area contributed by atoms with E-state index in [-0.39, 0.29) is 18.9 Å². The molecule has 138 valence electrons. The van der Waals surface area contributed by atoms with Crippen LogP contribution in [0.25, 0.3) is 0 Å². The number of hydrogen-bond donors (Lipinski definition) is 4.